The molecule has 0 nitrogen and oxygen atoms in total. The zero-order chi connectivity index (χ0) is 11.2. The van der Waals surface area contributed by atoms with Gasteiger partial charge in [-0.2, -0.15) is 0 Å². The molecule has 15 heavy (non-hydrogen) atoms. The normalized spacial score (nSPS) is 11.5. The molecule has 0 bridgehead atoms. The van der Waals surface area contributed by atoms with Crippen molar-refractivity contribution in [2.24, 2.45) is 0 Å². The molecule has 0 amide bonds. The summed E-state index contributed by atoms with van der Waals surface area (Å²) < 4.78 is 0. The van der Waals surface area contributed by atoms with E-state index < -0.39 is 0 Å². The molecule has 0 N–H and O–H groups in total. The van der Waals surface area contributed by atoms with Crippen LogP contribution in [0.25, 0.3) is 0 Å². The summed E-state index contributed by atoms with van der Waals surface area (Å²) in [7, 11) is 0. The van der Waals surface area contributed by atoms with Crippen LogP contribution in [0, 0.1) is 0 Å². The molecule has 0 aromatic heterocycles. The summed E-state index contributed by atoms with van der Waals surface area (Å²) >= 11 is 0. The number of hydrogen-bond donors (Lipinski definition) is 0. The fourth-order valence-electron chi connectivity index (χ4n) is 1.42. The molecule has 0 spiro atoms. The lowest BCUT2D eigenvalue weighted by Crippen LogP contribution is -1.73. The van der Waals surface area contributed by atoms with Gasteiger partial charge in [0, 0.05) is 0 Å². The highest BCUT2D eigenvalue weighted by Gasteiger charge is 1.83. The Bertz CT molecular complexity index is 174. The predicted octanol–water partition coefficient (Wildman–Crippen LogP) is 5.43. The zero-order valence-corrected chi connectivity index (χ0v) is 10.3. The number of rotatable bonds is 10. The van der Waals surface area contributed by atoms with E-state index in [1.54, 1.807) is 0 Å². The third-order valence-electron chi connectivity index (χ3n) is 2.39. The molecular weight excluding hydrogens is 180 g/mol. The van der Waals surface area contributed by atoms with E-state index in [4.69, 9.17) is 0 Å². The van der Waals surface area contributed by atoms with Crippen LogP contribution in [0.4, 0.5) is 0 Å². The first kappa shape index (κ1) is 14.2. The molecule has 0 fully saturated rings. The van der Waals surface area contributed by atoms with E-state index >= 15 is 0 Å². The summed E-state index contributed by atoms with van der Waals surface area (Å²) in [6, 6.07) is 0. The maximum atomic E-state index is 3.71. The molecule has 0 aromatic rings. The second kappa shape index (κ2) is 13.2. The van der Waals surface area contributed by atoms with E-state index in [9.17, 15) is 0 Å². The first-order valence-electron chi connectivity index (χ1n) is 6.34. The van der Waals surface area contributed by atoms with Gasteiger partial charge >= 0.3 is 0 Å². The second-order valence-electron chi connectivity index (χ2n) is 3.93. The topological polar surface area (TPSA) is 0 Å². The van der Waals surface area contributed by atoms with Crippen molar-refractivity contribution in [3.63, 3.8) is 0 Å². The predicted molar refractivity (Wildman–Crippen MR) is 71.1 cm³/mol. The van der Waals surface area contributed by atoms with E-state index in [0.29, 0.717) is 0 Å². The molecule has 0 saturated carbocycles. The molecule has 0 aliphatic rings. The summed E-state index contributed by atoms with van der Waals surface area (Å²) in [6.07, 6.45) is 21.0. The lowest BCUT2D eigenvalue weighted by atomic mass is 10.1. The Morgan fingerprint density at radius 3 is 2.07 bits per heavy atom. The number of hydrogen-bond acceptors (Lipinski definition) is 0. The largest absolute Gasteiger partial charge is 0.103 e. The first-order chi connectivity index (χ1) is 7.41. The second-order valence-corrected chi connectivity index (χ2v) is 3.93. The molecular formula is C15H26. The maximum Gasteiger partial charge on any atom is -0.0345 e. The Kier molecular flexibility index (Phi) is 12.5. The summed E-state index contributed by atoms with van der Waals surface area (Å²) in [5.41, 5.74) is 0. The van der Waals surface area contributed by atoms with Gasteiger partial charge in [-0.15, -0.1) is 6.58 Å². The van der Waals surface area contributed by atoms with Crippen LogP contribution in [-0.4, -0.2) is 0 Å². The monoisotopic (exact) mass is 206 g/mol. The van der Waals surface area contributed by atoms with Crippen LogP contribution in [0.1, 0.15) is 58.3 Å². The average molecular weight is 206 g/mol. The molecule has 0 radical (unpaired) electrons. The highest BCUT2D eigenvalue weighted by Crippen LogP contribution is 2.03. The van der Waals surface area contributed by atoms with Gasteiger partial charge in [-0.05, 0) is 32.1 Å². The average Bonchev–Trinajstić information content (AvgIpc) is 2.26. The molecule has 0 heteroatoms. The third-order valence-corrected chi connectivity index (χ3v) is 2.39. The minimum Gasteiger partial charge on any atom is -0.103 e. The zero-order valence-electron chi connectivity index (χ0n) is 10.3. The van der Waals surface area contributed by atoms with Gasteiger partial charge in [0.1, 0.15) is 0 Å². The maximum absolute atomic E-state index is 3.71. The lowest BCUT2D eigenvalue weighted by molar-refractivity contribution is 0.674. The van der Waals surface area contributed by atoms with Gasteiger partial charge in [-0.1, -0.05) is 56.6 Å². The van der Waals surface area contributed by atoms with Crippen LogP contribution in [-0.2, 0) is 0 Å². The Balaban J connectivity index is 3.18. The van der Waals surface area contributed by atoms with Crippen LogP contribution < -0.4 is 0 Å². The van der Waals surface area contributed by atoms with Gasteiger partial charge in [-0.3, -0.25) is 0 Å². The van der Waals surface area contributed by atoms with Crippen molar-refractivity contribution >= 4 is 0 Å². The molecule has 0 rings (SSSR count). The van der Waals surface area contributed by atoms with E-state index in [1.807, 2.05) is 6.08 Å². The highest BCUT2D eigenvalue weighted by atomic mass is 13.9. The van der Waals surface area contributed by atoms with Crippen LogP contribution in [0.15, 0.2) is 37.0 Å². The van der Waals surface area contributed by atoms with Gasteiger partial charge in [0.25, 0.3) is 0 Å². The smallest absolute Gasteiger partial charge is 0.0345 e. The molecule has 0 aromatic carbocycles. The van der Waals surface area contributed by atoms with E-state index in [2.05, 4.69) is 37.8 Å². The molecule has 0 unspecified atom stereocenters. The summed E-state index contributed by atoms with van der Waals surface area (Å²) in [5, 5.41) is 0. The minimum atomic E-state index is 1.13. The first-order valence-corrected chi connectivity index (χ1v) is 6.34. The Hall–Kier alpha value is -0.780. The van der Waals surface area contributed by atoms with Crippen molar-refractivity contribution in [1.82, 2.24) is 0 Å². The van der Waals surface area contributed by atoms with Crippen LogP contribution in [0.3, 0.4) is 0 Å². The summed E-state index contributed by atoms with van der Waals surface area (Å²) in [4.78, 5) is 0. The number of allylic oxidation sites excluding steroid dienone is 5. The van der Waals surface area contributed by atoms with E-state index in [0.717, 1.165) is 6.42 Å². The fraction of sp³-hybridized carbons (Fsp3) is 0.600. The summed E-state index contributed by atoms with van der Waals surface area (Å²) in [5.74, 6) is 0. The van der Waals surface area contributed by atoms with Crippen molar-refractivity contribution in [3.8, 4) is 0 Å². The summed E-state index contributed by atoms with van der Waals surface area (Å²) in [6.45, 7) is 5.96. The molecule has 0 atom stereocenters. The standard InChI is InChI=1S/C15H26/c1-3-5-7-9-11-13-15-14-12-10-8-6-4-2/h3,11,13-15H,1,4-10,12H2,2H3. The van der Waals surface area contributed by atoms with Gasteiger partial charge in [0.05, 0.1) is 0 Å². The molecule has 0 aliphatic heterocycles. The Morgan fingerprint density at radius 2 is 1.47 bits per heavy atom. The molecule has 0 saturated heterocycles. The molecule has 0 heterocycles. The van der Waals surface area contributed by atoms with Crippen LogP contribution in [0.5, 0.6) is 0 Å². The lowest BCUT2D eigenvalue weighted by Gasteiger charge is -1.93. The van der Waals surface area contributed by atoms with Crippen molar-refractivity contribution in [3.05, 3.63) is 37.0 Å². The van der Waals surface area contributed by atoms with Crippen LogP contribution >= 0.6 is 0 Å². The van der Waals surface area contributed by atoms with Crippen molar-refractivity contribution in [2.45, 2.75) is 58.3 Å². The van der Waals surface area contributed by atoms with Crippen molar-refractivity contribution in [2.75, 3.05) is 0 Å². The van der Waals surface area contributed by atoms with E-state index in [1.165, 1.54) is 44.9 Å². The fourth-order valence-corrected chi connectivity index (χ4v) is 1.42. The Labute approximate surface area is 95.8 Å². The van der Waals surface area contributed by atoms with Gasteiger partial charge in [0.15, 0.2) is 0 Å². The Morgan fingerprint density at radius 1 is 0.800 bits per heavy atom. The SMILES string of the molecule is C=CCCCC=CC=CCCCCCC. The third kappa shape index (κ3) is 13.2. The van der Waals surface area contributed by atoms with Gasteiger partial charge in [0.2, 0.25) is 0 Å². The van der Waals surface area contributed by atoms with Crippen molar-refractivity contribution in [1.29, 1.82) is 0 Å². The number of unbranched alkanes of at least 4 members (excludes halogenated alkanes) is 6. The van der Waals surface area contributed by atoms with E-state index in [-0.39, 0.29) is 0 Å². The molecule has 86 valence electrons. The highest BCUT2D eigenvalue weighted by molar-refractivity contribution is 5.02. The quantitative estimate of drug-likeness (QED) is 0.254. The molecule has 0 aliphatic carbocycles. The van der Waals surface area contributed by atoms with Crippen molar-refractivity contribution < 1.29 is 0 Å². The van der Waals surface area contributed by atoms with Gasteiger partial charge in [-0.25, -0.2) is 0 Å². The van der Waals surface area contributed by atoms with Crippen LogP contribution in [0.2, 0.25) is 0 Å². The minimum absolute atomic E-state index is 1.13. The van der Waals surface area contributed by atoms with Gasteiger partial charge < -0.3 is 0 Å².